The van der Waals surface area contributed by atoms with Gasteiger partial charge in [0.25, 0.3) is 0 Å². The van der Waals surface area contributed by atoms with Crippen LogP contribution in [-0.4, -0.2) is 13.0 Å². The van der Waals surface area contributed by atoms with E-state index in [-0.39, 0.29) is 34.5 Å². The molecule has 0 spiro atoms. The summed E-state index contributed by atoms with van der Waals surface area (Å²) in [6.07, 6.45) is 10.6. The van der Waals surface area contributed by atoms with Gasteiger partial charge in [0.2, 0.25) is 0 Å². The Labute approximate surface area is 164 Å². The van der Waals surface area contributed by atoms with E-state index in [1.807, 2.05) is 6.07 Å². The first-order valence-corrected chi connectivity index (χ1v) is 9.95. The van der Waals surface area contributed by atoms with Crippen molar-refractivity contribution in [3.8, 4) is 0 Å². The van der Waals surface area contributed by atoms with Crippen LogP contribution in [0.4, 0.5) is 0 Å². The summed E-state index contributed by atoms with van der Waals surface area (Å²) in [5.41, 5.74) is 1.00. The third-order valence-electron chi connectivity index (χ3n) is 4.18. The largest absolute Gasteiger partial charge is 1.00 e. The van der Waals surface area contributed by atoms with Gasteiger partial charge < -0.3 is 4.55 Å². The fourth-order valence-corrected chi connectivity index (χ4v) is 3.37. The van der Waals surface area contributed by atoms with Crippen LogP contribution in [-0.2, 0) is 10.1 Å². The average Bonchev–Trinajstić information content (AvgIpc) is 2.49. The minimum absolute atomic E-state index is 0. The topological polar surface area (TPSA) is 57.2 Å². The Morgan fingerprint density at radius 1 is 0.957 bits per heavy atom. The summed E-state index contributed by atoms with van der Waals surface area (Å²) in [5.74, 6) is 0.364. The van der Waals surface area contributed by atoms with Gasteiger partial charge in [-0.2, -0.15) is 0 Å². The molecule has 0 saturated carbocycles. The Hall–Kier alpha value is 0.130. The summed E-state index contributed by atoms with van der Waals surface area (Å²) in [6.45, 7) is 4.37. The van der Waals surface area contributed by atoms with E-state index in [2.05, 4.69) is 13.8 Å². The molecule has 126 valence electrons. The van der Waals surface area contributed by atoms with E-state index < -0.39 is 10.1 Å². The molecule has 0 N–H and O–H groups in total. The van der Waals surface area contributed by atoms with E-state index in [1.54, 1.807) is 12.1 Å². The van der Waals surface area contributed by atoms with Gasteiger partial charge in [-0.15, -0.1) is 0 Å². The van der Waals surface area contributed by atoms with Gasteiger partial charge in [0.15, 0.2) is 0 Å². The second-order valence-electron chi connectivity index (χ2n) is 6.07. The molecule has 0 aromatic heterocycles. The van der Waals surface area contributed by atoms with E-state index in [9.17, 15) is 13.0 Å². The van der Waals surface area contributed by atoms with Gasteiger partial charge >= 0.3 is 29.6 Å². The first-order chi connectivity index (χ1) is 10.5. The Morgan fingerprint density at radius 2 is 1.57 bits per heavy atom. The van der Waals surface area contributed by atoms with E-state index in [0.29, 0.717) is 5.92 Å². The summed E-state index contributed by atoms with van der Waals surface area (Å²) in [4.78, 5) is -0.0996. The van der Waals surface area contributed by atoms with Gasteiger partial charge in [0.1, 0.15) is 10.1 Å². The molecule has 3 nitrogen and oxygen atoms in total. The molecule has 0 saturated heterocycles. The monoisotopic (exact) mass is 348 g/mol. The molecule has 0 heterocycles. The molecule has 0 aliphatic rings. The second-order valence-corrected chi connectivity index (χ2v) is 7.45. The van der Waals surface area contributed by atoms with E-state index in [1.165, 1.54) is 38.2 Å². The van der Waals surface area contributed by atoms with Gasteiger partial charge in [0.05, 0.1) is 4.90 Å². The predicted octanol–water partition coefficient (Wildman–Crippen LogP) is 2.23. The van der Waals surface area contributed by atoms with Crippen LogP contribution in [0.15, 0.2) is 29.2 Å². The Bertz CT molecular complexity index is 529. The average molecular weight is 348 g/mol. The summed E-state index contributed by atoms with van der Waals surface area (Å²) < 4.78 is 33.6. The molecule has 1 aromatic carbocycles. The van der Waals surface area contributed by atoms with Gasteiger partial charge in [-0.05, 0) is 36.5 Å². The van der Waals surface area contributed by atoms with Crippen molar-refractivity contribution in [1.29, 1.82) is 0 Å². The van der Waals surface area contributed by atoms with E-state index in [0.717, 1.165) is 31.2 Å². The van der Waals surface area contributed by atoms with Crippen molar-refractivity contribution in [1.82, 2.24) is 0 Å². The first kappa shape index (κ1) is 23.1. The Balaban J connectivity index is 0.00000484. The molecule has 1 atom stereocenters. The minimum Gasteiger partial charge on any atom is -0.744 e. The number of unbranched alkanes of at least 4 members (excludes halogenated alkanes) is 5. The van der Waals surface area contributed by atoms with Crippen molar-refractivity contribution in [3.05, 3.63) is 29.8 Å². The Morgan fingerprint density at radius 3 is 2.17 bits per heavy atom. The molecule has 0 radical (unpaired) electrons. The van der Waals surface area contributed by atoms with Crippen molar-refractivity contribution in [2.45, 2.75) is 82.4 Å². The van der Waals surface area contributed by atoms with Gasteiger partial charge in [0, 0.05) is 0 Å². The molecule has 0 aliphatic carbocycles. The van der Waals surface area contributed by atoms with E-state index >= 15 is 0 Å². The molecule has 0 fully saturated rings. The molecule has 23 heavy (non-hydrogen) atoms. The van der Waals surface area contributed by atoms with E-state index in [4.69, 9.17) is 0 Å². The summed E-state index contributed by atoms with van der Waals surface area (Å²) in [5, 5.41) is 0. The maximum atomic E-state index is 11.2. The molecule has 5 heteroatoms. The minimum atomic E-state index is -4.36. The number of hydrogen-bond acceptors (Lipinski definition) is 3. The summed E-state index contributed by atoms with van der Waals surface area (Å²) in [7, 11) is -4.36. The third-order valence-corrected chi connectivity index (χ3v) is 5.01. The van der Waals surface area contributed by atoms with Crippen LogP contribution in [0, 0.1) is 0 Å². The first-order valence-electron chi connectivity index (χ1n) is 8.54. The maximum Gasteiger partial charge on any atom is 1.00 e. The molecule has 0 aliphatic heterocycles. The van der Waals surface area contributed by atoms with Crippen molar-refractivity contribution in [2.75, 3.05) is 0 Å². The van der Waals surface area contributed by atoms with Crippen LogP contribution in [0.1, 0.15) is 83.1 Å². The van der Waals surface area contributed by atoms with Gasteiger partial charge in [-0.3, -0.25) is 0 Å². The number of rotatable bonds is 11. The zero-order valence-corrected chi connectivity index (χ0v) is 17.7. The fourth-order valence-electron chi connectivity index (χ4n) is 2.85. The van der Waals surface area contributed by atoms with Gasteiger partial charge in [-0.25, -0.2) is 8.42 Å². The van der Waals surface area contributed by atoms with Crippen LogP contribution in [0.5, 0.6) is 0 Å². The Kier molecular flexibility index (Phi) is 12.6. The molecular formula is C18H29NaO3S. The van der Waals surface area contributed by atoms with Crippen LogP contribution in [0.2, 0.25) is 0 Å². The van der Waals surface area contributed by atoms with Crippen LogP contribution < -0.4 is 29.6 Å². The molecular weight excluding hydrogens is 319 g/mol. The van der Waals surface area contributed by atoms with Crippen LogP contribution in [0.25, 0.3) is 0 Å². The molecule has 1 aromatic rings. The van der Waals surface area contributed by atoms with Crippen molar-refractivity contribution in [3.63, 3.8) is 0 Å². The van der Waals surface area contributed by atoms with Crippen molar-refractivity contribution < 1.29 is 42.5 Å². The predicted molar refractivity (Wildman–Crippen MR) is 90.0 cm³/mol. The number of benzene rings is 1. The molecule has 1 unspecified atom stereocenters. The SMILES string of the molecule is CCCCCCCC(CCCC)c1cccc(S(=O)(=O)[O-])c1.[Na+]. The summed E-state index contributed by atoms with van der Waals surface area (Å²) in [6, 6.07) is 6.62. The zero-order chi connectivity index (χ0) is 16.4. The molecule has 1 rings (SSSR count). The normalized spacial score (nSPS) is 12.7. The maximum absolute atomic E-state index is 11.2. The molecule has 0 bridgehead atoms. The van der Waals surface area contributed by atoms with Gasteiger partial charge in [-0.1, -0.05) is 70.9 Å². The standard InChI is InChI=1S/C18H30O3S.Na/c1-3-5-7-8-9-12-16(11-6-4-2)17-13-10-14-18(15-17)22(19,20)21;/h10,13-16H,3-9,11-12H2,1-2H3,(H,19,20,21);/q;+1/p-1. The fraction of sp³-hybridized carbons (Fsp3) is 0.667. The zero-order valence-electron chi connectivity index (χ0n) is 14.9. The van der Waals surface area contributed by atoms with Crippen molar-refractivity contribution in [2.24, 2.45) is 0 Å². The molecule has 0 amide bonds. The second kappa shape index (κ2) is 12.5. The quantitative estimate of drug-likeness (QED) is 0.350. The number of hydrogen-bond donors (Lipinski definition) is 0. The van der Waals surface area contributed by atoms with Crippen LogP contribution >= 0.6 is 0 Å². The van der Waals surface area contributed by atoms with Crippen LogP contribution in [0.3, 0.4) is 0 Å². The third kappa shape index (κ3) is 9.25. The summed E-state index contributed by atoms with van der Waals surface area (Å²) >= 11 is 0. The smallest absolute Gasteiger partial charge is 0.744 e. The van der Waals surface area contributed by atoms with Crippen molar-refractivity contribution >= 4 is 10.1 Å².